The van der Waals surface area contributed by atoms with Crippen molar-refractivity contribution in [2.45, 2.75) is 18.4 Å². The van der Waals surface area contributed by atoms with Gasteiger partial charge in [0.25, 0.3) is 0 Å². The molecule has 0 bridgehead atoms. The maximum Gasteiger partial charge on any atom is 0.226 e. The zero-order chi connectivity index (χ0) is 29.5. The average molecular weight is 591 g/mol. The fraction of sp³-hybridized carbons (Fsp3) is 0.250. The second-order valence-corrected chi connectivity index (χ2v) is 10.4. The van der Waals surface area contributed by atoms with Crippen molar-refractivity contribution in [1.29, 1.82) is 10.5 Å². The number of methoxy groups -OCH3 is 3. The number of hydrogen-bond donors (Lipinski definition) is 2. The standard InChI is InChI=1S/C28H26N6O5S2/c1-5-39-16-6-7-19-22(12-16)41-28(32-19)33-23(35)8-9-40-27-18(14-30)24(17(13-29)26(31)34-27)15-10-20(36-2)25(38-4)21(11-15)37-3/h6-7,10-12H,5,8-9H2,1-4H3,(H2,31,34)(H,32,33,35). The van der Waals surface area contributed by atoms with Gasteiger partial charge in [-0.15, -0.1) is 11.8 Å². The number of amides is 1. The van der Waals surface area contributed by atoms with Gasteiger partial charge in [-0.25, -0.2) is 9.97 Å². The molecule has 1 amide bonds. The summed E-state index contributed by atoms with van der Waals surface area (Å²) in [6, 6.07) is 13.0. The number of benzene rings is 2. The molecule has 3 N–H and O–H groups in total. The van der Waals surface area contributed by atoms with Crippen LogP contribution < -0.4 is 30.0 Å². The monoisotopic (exact) mass is 590 g/mol. The fourth-order valence-electron chi connectivity index (χ4n) is 4.05. The van der Waals surface area contributed by atoms with Crippen LogP contribution in [-0.4, -0.2) is 49.6 Å². The van der Waals surface area contributed by atoms with Gasteiger partial charge in [0.05, 0.1) is 43.7 Å². The van der Waals surface area contributed by atoms with Gasteiger partial charge in [-0.3, -0.25) is 4.79 Å². The molecular formula is C28H26N6O5S2. The van der Waals surface area contributed by atoms with Crippen LogP contribution in [0.4, 0.5) is 10.9 Å². The lowest BCUT2D eigenvalue weighted by molar-refractivity contribution is -0.115. The first-order valence-electron chi connectivity index (χ1n) is 12.3. The van der Waals surface area contributed by atoms with Gasteiger partial charge in [-0.1, -0.05) is 11.3 Å². The lowest BCUT2D eigenvalue weighted by Gasteiger charge is -2.17. The Morgan fingerprint density at radius 3 is 2.37 bits per heavy atom. The van der Waals surface area contributed by atoms with E-state index >= 15 is 0 Å². The van der Waals surface area contributed by atoms with Crippen molar-refractivity contribution < 1.29 is 23.7 Å². The highest BCUT2D eigenvalue weighted by Gasteiger charge is 2.24. The van der Waals surface area contributed by atoms with Gasteiger partial charge in [0, 0.05) is 17.7 Å². The summed E-state index contributed by atoms with van der Waals surface area (Å²) in [4.78, 5) is 21.4. The van der Waals surface area contributed by atoms with E-state index in [0.717, 1.165) is 16.0 Å². The summed E-state index contributed by atoms with van der Waals surface area (Å²) in [5, 5.41) is 23.6. The highest BCUT2D eigenvalue weighted by molar-refractivity contribution is 7.99. The predicted molar refractivity (Wildman–Crippen MR) is 158 cm³/mol. The Labute approximate surface area is 244 Å². The number of nitrogens with zero attached hydrogens (tertiary/aromatic N) is 4. The number of nitrogen functional groups attached to an aromatic ring is 1. The topological polar surface area (TPSA) is 165 Å². The first-order chi connectivity index (χ1) is 19.9. The van der Waals surface area contributed by atoms with Gasteiger partial charge in [0.1, 0.15) is 34.3 Å². The smallest absolute Gasteiger partial charge is 0.226 e. The van der Waals surface area contributed by atoms with E-state index in [2.05, 4.69) is 27.4 Å². The Morgan fingerprint density at radius 2 is 1.76 bits per heavy atom. The quantitative estimate of drug-likeness (QED) is 0.220. The van der Waals surface area contributed by atoms with Gasteiger partial charge in [-0.2, -0.15) is 10.5 Å². The molecule has 0 saturated carbocycles. The molecule has 0 fully saturated rings. The van der Waals surface area contributed by atoms with Crippen LogP contribution in [0.3, 0.4) is 0 Å². The molecule has 11 nitrogen and oxygen atoms in total. The zero-order valence-electron chi connectivity index (χ0n) is 22.7. The SMILES string of the molecule is CCOc1ccc2nc(NC(=O)CCSc3nc(N)c(C#N)c(-c4cc(OC)c(OC)c(OC)c4)c3C#N)sc2c1. The van der Waals surface area contributed by atoms with E-state index in [9.17, 15) is 15.3 Å². The Bertz CT molecular complexity index is 1670. The Kier molecular flexibility index (Phi) is 9.34. The molecule has 0 atom stereocenters. The maximum absolute atomic E-state index is 12.7. The third-order valence-corrected chi connectivity index (χ3v) is 7.76. The number of nitrogens with two attached hydrogens (primary N) is 1. The Balaban J connectivity index is 1.56. The first-order valence-corrected chi connectivity index (χ1v) is 14.1. The number of carbonyl (C=O) groups is 1. The third-order valence-electron chi connectivity index (χ3n) is 5.85. The van der Waals surface area contributed by atoms with Crippen LogP contribution in [0, 0.1) is 22.7 Å². The molecule has 0 unspecified atom stereocenters. The summed E-state index contributed by atoms with van der Waals surface area (Å²) in [6.45, 7) is 2.47. The van der Waals surface area contributed by atoms with Gasteiger partial charge in [0.2, 0.25) is 11.7 Å². The number of carbonyl (C=O) groups excluding carboxylic acids is 1. The lowest BCUT2D eigenvalue weighted by atomic mass is 9.96. The van der Waals surface area contributed by atoms with Crippen LogP contribution in [-0.2, 0) is 4.79 Å². The first kappa shape index (κ1) is 29.3. The highest BCUT2D eigenvalue weighted by atomic mass is 32.2. The van der Waals surface area contributed by atoms with Crippen LogP contribution >= 0.6 is 23.1 Å². The molecule has 0 aliphatic heterocycles. The van der Waals surface area contributed by atoms with Crippen LogP contribution in [0.15, 0.2) is 35.4 Å². The van der Waals surface area contributed by atoms with E-state index < -0.39 is 0 Å². The van der Waals surface area contributed by atoms with Crippen molar-refractivity contribution in [2.75, 3.05) is 44.7 Å². The molecule has 41 heavy (non-hydrogen) atoms. The van der Waals surface area contributed by atoms with Crippen molar-refractivity contribution in [1.82, 2.24) is 9.97 Å². The molecule has 4 aromatic rings. The van der Waals surface area contributed by atoms with E-state index in [1.54, 1.807) is 12.1 Å². The third kappa shape index (κ3) is 6.22. The summed E-state index contributed by atoms with van der Waals surface area (Å²) in [5.74, 6) is 1.81. The van der Waals surface area contributed by atoms with E-state index in [1.165, 1.54) is 44.4 Å². The van der Waals surface area contributed by atoms with Gasteiger partial charge in [-0.05, 0) is 42.8 Å². The molecule has 2 aromatic carbocycles. The number of nitriles is 2. The van der Waals surface area contributed by atoms with Crippen molar-refractivity contribution in [2.24, 2.45) is 0 Å². The molecule has 210 valence electrons. The molecule has 0 radical (unpaired) electrons. The number of pyridine rings is 1. The minimum atomic E-state index is -0.244. The van der Waals surface area contributed by atoms with Crippen molar-refractivity contribution in [3.05, 3.63) is 41.5 Å². The molecule has 0 aliphatic carbocycles. The molecule has 2 heterocycles. The van der Waals surface area contributed by atoms with E-state index in [4.69, 9.17) is 24.7 Å². The largest absolute Gasteiger partial charge is 0.494 e. The average Bonchev–Trinajstić information content (AvgIpc) is 3.37. The second-order valence-electron chi connectivity index (χ2n) is 8.29. The molecule has 13 heteroatoms. The number of fused-ring (bicyclic) bond motifs is 1. The summed E-state index contributed by atoms with van der Waals surface area (Å²) >= 11 is 2.54. The summed E-state index contributed by atoms with van der Waals surface area (Å²) in [6.07, 6.45) is 0.122. The molecule has 0 saturated heterocycles. The number of ether oxygens (including phenoxy) is 4. The van der Waals surface area contributed by atoms with E-state index in [-0.39, 0.29) is 34.8 Å². The number of rotatable bonds is 11. The van der Waals surface area contributed by atoms with Crippen LogP contribution in [0.5, 0.6) is 23.0 Å². The van der Waals surface area contributed by atoms with Crippen molar-refractivity contribution in [3.63, 3.8) is 0 Å². The predicted octanol–water partition coefficient (Wildman–Crippen LogP) is 5.23. The maximum atomic E-state index is 12.7. The molecular weight excluding hydrogens is 564 g/mol. The number of thioether (sulfide) groups is 1. The number of hydrogen-bond acceptors (Lipinski definition) is 12. The highest BCUT2D eigenvalue weighted by Crippen LogP contribution is 2.44. The fourth-order valence-corrected chi connectivity index (χ4v) is 5.90. The summed E-state index contributed by atoms with van der Waals surface area (Å²) < 4.78 is 22.7. The van der Waals surface area contributed by atoms with Crippen LogP contribution in [0.25, 0.3) is 21.3 Å². The van der Waals surface area contributed by atoms with E-state index in [0.29, 0.717) is 45.3 Å². The van der Waals surface area contributed by atoms with Crippen LogP contribution in [0.2, 0.25) is 0 Å². The minimum absolute atomic E-state index is 0.0388. The molecule has 0 spiro atoms. The summed E-state index contributed by atoms with van der Waals surface area (Å²) in [5.41, 5.74) is 7.85. The lowest BCUT2D eigenvalue weighted by Crippen LogP contribution is -2.12. The van der Waals surface area contributed by atoms with E-state index in [1.807, 2.05) is 25.1 Å². The Hall–Kier alpha value is -4.72. The number of nitrogens with one attached hydrogen (secondary N) is 1. The Morgan fingerprint density at radius 1 is 1.05 bits per heavy atom. The van der Waals surface area contributed by atoms with Gasteiger partial charge < -0.3 is 30.0 Å². The summed E-state index contributed by atoms with van der Waals surface area (Å²) in [7, 11) is 4.42. The van der Waals surface area contributed by atoms with Crippen molar-refractivity contribution >= 4 is 50.2 Å². The van der Waals surface area contributed by atoms with Crippen LogP contribution in [0.1, 0.15) is 24.5 Å². The molecule has 2 aromatic heterocycles. The van der Waals surface area contributed by atoms with Crippen molar-refractivity contribution in [3.8, 4) is 46.3 Å². The normalized spacial score (nSPS) is 10.5. The minimum Gasteiger partial charge on any atom is -0.494 e. The number of aromatic nitrogens is 2. The second kappa shape index (κ2) is 13.1. The zero-order valence-corrected chi connectivity index (χ0v) is 24.4. The van der Waals surface area contributed by atoms with Gasteiger partial charge in [0.15, 0.2) is 16.6 Å². The number of anilines is 2. The molecule has 4 rings (SSSR count). The number of thiazole rings is 1. The molecule has 0 aliphatic rings. The van der Waals surface area contributed by atoms with Gasteiger partial charge >= 0.3 is 0 Å².